The zero-order chi connectivity index (χ0) is 15.2. The molecule has 1 fully saturated rings. The molecule has 0 bridgehead atoms. The number of phenols is 1. The van der Waals surface area contributed by atoms with Crippen LogP contribution in [0.15, 0.2) is 18.2 Å². The van der Waals surface area contributed by atoms with Crippen molar-refractivity contribution >= 4 is 0 Å². The molecule has 3 heteroatoms. The number of phenolic OH excluding ortho intramolecular Hbond substituents is 1. The molecule has 3 unspecified atom stereocenters. The largest absolute Gasteiger partial charge is 0.508 e. The third-order valence-corrected chi connectivity index (χ3v) is 5.11. The van der Waals surface area contributed by atoms with E-state index in [4.69, 9.17) is 4.74 Å². The van der Waals surface area contributed by atoms with E-state index in [-0.39, 0.29) is 11.4 Å². The summed E-state index contributed by atoms with van der Waals surface area (Å²) in [7, 11) is 0. The smallest absolute Gasteiger partial charge is 0.128 e. The minimum atomic E-state index is -0.188. The number of likely N-dealkylation sites (tertiary alicyclic amines) is 1. The van der Waals surface area contributed by atoms with Gasteiger partial charge >= 0.3 is 0 Å². The van der Waals surface area contributed by atoms with Gasteiger partial charge in [0.1, 0.15) is 17.1 Å². The van der Waals surface area contributed by atoms with Crippen LogP contribution in [0.1, 0.15) is 65.0 Å². The monoisotopic (exact) mass is 289 g/mol. The number of nitrogens with zero attached hydrogens (tertiary/aromatic N) is 1. The highest BCUT2D eigenvalue weighted by Gasteiger charge is 2.42. The summed E-state index contributed by atoms with van der Waals surface area (Å²) in [5.74, 6) is 1.14. The summed E-state index contributed by atoms with van der Waals surface area (Å²) >= 11 is 0. The number of benzene rings is 1. The average Bonchev–Trinajstić information content (AvgIpc) is 2.77. The molecular weight excluding hydrogens is 262 g/mol. The Morgan fingerprint density at radius 2 is 2.10 bits per heavy atom. The van der Waals surface area contributed by atoms with E-state index in [1.165, 1.54) is 24.8 Å². The van der Waals surface area contributed by atoms with Gasteiger partial charge in [-0.15, -0.1) is 0 Å². The highest BCUT2D eigenvalue weighted by molar-refractivity contribution is 5.44. The summed E-state index contributed by atoms with van der Waals surface area (Å²) in [6.45, 7) is 8.93. The Bertz CT molecular complexity index is 526. The maximum atomic E-state index is 9.77. The Kier molecular flexibility index (Phi) is 3.64. The normalized spacial score (nSPS) is 31.7. The SMILES string of the molecule is CCC1CCC(C)N1C1CC(C)(C)Oc2cc(O)ccc21. The van der Waals surface area contributed by atoms with E-state index >= 15 is 0 Å². The number of hydrogen-bond donors (Lipinski definition) is 1. The Morgan fingerprint density at radius 1 is 1.33 bits per heavy atom. The number of rotatable bonds is 2. The Balaban J connectivity index is 2.02. The zero-order valence-electron chi connectivity index (χ0n) is 13.6. The van der Waals surface area contributed by atoms with Gasteiger partial charge in [-0.25, -0.2) is 0 Å². The van der Waals surface area contributed by atoms with Crippen molar-refractivity contribution in [2.75, 3.05) is 0 Å². The summed E-state index contributed by atoms with van der Waals surface area (Å²) in [5, 5.41) is 9.77. The summed E-state index contributed by atoms with van der Waals surface area (Å²) in [6, 6.07) is 7.28. The first kappa shape index (κ1) is 14.7. The molecule has 1 N–H and O–H groups in total. The quantitative estimate of drug-likeness (QED) is 0.883. The van der Waals surface area contributed by atoms with Crippen molar-refractivity contribution in [2.45, 2.75) is 77.1 Å². The lowest BCUT2D eigenvalue weighted by Crippen LogP contribution is -2.45. The van der Waals surface area contributed by atoms with Gasteiger partial charge < -0.3 is 9.84 Å². The van der Waals surface area contributed by atoms with E-state index < -0.39 is 0 Å². The first-order valence-electron chi connectivity index (χ1n) is 8.20. The van der Waals surface area contributed by atoms with Gasteiger partial charge in [-0.1, -0.05) is 13.0 Å². The highest BCUT2D eigenvalue weighted by atomic mass is 16.5. The fraction of sp³-hybridized carbons (Fsp3) is 0.667. The summed E-state index contributed by atoms with van der Waals surface area (Å²) in [4.78, 5) is 2.69. The Hall–Kier alpha value is -1.22. The molecule has 0 amide bonds. The van der Waals surface area contributed by atoms with Gasteiger partial charge in [0.15, 0.2) is 0 Å². The van der Waals surface area contributed by atoms with E-state index in [1.54, 1.807) is 12.1 Å². The molecule has 1 aromatic rings. The van der Waals surface area contributed by atoms with Gasteiger partial charge in [0.2, 0.25) is 0 Å². The van der Waals surface area contributed by atoms with Crippen LogP contribution in [-0.2, 0) is 0 Å². The van der Waals surface area contributed by atoms with E-state index in [1.807, 2.05) is 6.07 Å². The average molecular weight is 289 g/mol. The van der Waals surface area contributed by atoms with Crippen LogP contribution >= 0.6 is 0 Å². The maximum Gasteiger partial charge on any atom is 0.128 e. The second-order valence-corrected chi connectivity index (χ2v) is 7.24. The minimum absolute atomic E-state index is 0.188. The molecule has 3 rings (SSSR count). The first-order valence-corrected chi connectivity index (χ1v) is 8.20. The van der Waals surface area contributed by atoms with Crippen molar-refractivity contribution in [3.8, 4) is 11.5 Å². The van der Waals surface area contributed by atoms with Crippen LogP contribution in [0.3, 0.4) is 0 Å². The fourth-order valence-corrected chi connectivity index (χ4v) is 4.14. The van der Waals surface area contributed by atoms with Crippen molar-refractivity contribution in [3.63, 3.8) is 0 Å². The number of fused-ring (bicyclic) bond motifs is 1. The van der Waals surface area contributed by atoms with E-state index in [2.05, 4.69) is 32.6 Å². The molecule has 1 aromatic carbocycles. The summed E-state index contributed by atoms with van der Waals surface area (Å²) in [6.07, 6.45) is 4.79. The van der Waals surface area contributed by atoms with Crippen LogP contribution in [0, 0.1) is 0 Å². The molecular formula is C18H27NO2. The van der Waals surface area contributed by atoms with Crippen LogP contribution in [-0.4, -0.2) is 27.7 Å². The highest BCUT2D eigenvalue weighted by Crippen LogP contribution is 2.47. The van der Waals surface area contributed by atoms with Crippen molar-refractivity contribution in [3.05, 3.63) is 23.8 Å². The second-order valence-electron chi connectivity index (χ2n) is 7.24. The molecule has 0 saturated carbocycles. The van der Waals surface area contributed by atoms with Gasteiger partial charge in [0, 0.05) is 36.2 Å². The molecule has 116 valence electrons. The minimum Gasteiger partial charge on any atom is -0.508 e. The molecule has 2 aliphatic rings. The van der Waals surface area contributed by atoms with Crippen LogP contribution in [0.5, 0.6) is 11.5 Å². The van der Waals surface area contributed by atoms with Gasteiger partial charge in [-0.2, -0.15) is 0 Å². The second kappa shape index (κ2) is 5.20. The van der Waals surface area contributed by atoms with Gasteiger partial charge in [-0.3, -0.25) is 4.90 Å². The molecule has 2 heterocycles. The molecule has 21 heavy (non-hydrogen) atoms. The van der Waals surface area contributed by atoms with E-state index in [0.29, 0.717) is 18.1 Å². The predicted octanol–water partition coefficient (Wildman–Crippen LogP) is 4.26. The predicted molar refractivity (Wildman–Crippen MR) is 84.8 cm³/mol. The van der Waals surface area contributed by atoms with Crippen LogP contribution < -0.4 is 4.74 Å². The van der Waals surface area contributed by atoms with Crippen LogP contribution in [0.4, 0.5) is 0 Å². The maximum absolute atomic E-state index is 9.77. The van der Waals surface area contributed by atoms with Crippen molar-refractivity contribution in [1.82, 2.24) is 4.90 Å². The van der Waals surface area contributed by atoms with Crippen LogP contribution in [0.2, 0.25) is 0 Å². The molecule has 0 spiro atoms. The molecule has 3 atom stereocenters. The Labute approximate surface area is 127 Å². The van der Waals surface area contributed by atoms with E-state index in [0.717, 1.165) is 12.2 Å². The molecule has 1 saturated heterocycles. The molecule has 2 aliphatic heterocycles. The van der Waals surface area contributed by atoms with Crippen molar-refractivity contribution < 1.29 is 9.84 Å². The summed E-state index contributed by atoms with van der Waals surface area (Å²) < 4.78 is 6.11. The summed E-state index contributed by atoms with van der Waals surface area (Å²) in [5.41, 5.74) is 1.05. The topological polar surface area (TPSA) is 32.7 Å². The lowest BCUT2D eigenvalue weighted by Gasteiger charge is -2.44. The van der Waals surface area contributed by atoms with Crippen LogP contribution in [0.25, 0.3) is 0 Å². The van der Waals surface area contributed by atoms with Gasteiger partial charge in [0.25, 0.3) is 0 Å². The Morgan fingerprint density at radius 3 is 2.81 bits per heavy atom. The fourth-order valence-electron chi connectivity index (χ4n) is 4.14. The van der Waals surface area contributed by atoms with Gasteiger partial charge in [0.05, 0.1) is 0 Å². The molecule has 0 aromatic heterocycles. The third-order valence-electron chi connectivity index (χ3n) is 5.11. The molecule has 0 radical (unpaired) electrons. The van der Waals surface area contributed by atoms with Crippen molar-refractivity contribution in [2.24, 2.45) is 0 Å². The number of aromatic hydroxyl groups is 1. The van der Waals surface area contributed by atoms with Crippen molar-refractivity contribution in [1.29, 1.82) is 0 Å². The standard InChI is InChI=1S/C18H27NO2/c1-5-13-7-6-12(2)19(13)16-11-18(3,4)21-17-10-14(20)8-9-15(16)17/h8-10,12-13,16,20H,5-7,11H2,1-4H3. The third kappa shape index (κ3) is 2.64. The lowest BCUT2D eigenvalue weighted by atomic mass is 9.87. The molecule has 3 nitrogen and oxygen atoms in total. The lowest BCUT2D eigenvalue weighted by molar-refractivity contribution is 0.0133. The van der Waals surface area contributed by atoms with E-state index in [9.17, 15) is 5.11 Å². The van der Waals surface area contributed by atoms with Gasteiger partial charge in [-0.05, 0) is 46.1 Å². The zero-order valence-corrected chi connectivity index (χ0v) is 13.6. The number of hydrogen-bond acceptors (Lipinski definition) is 3. The number of ether oxygens (including phenoxy) is 1. The first-order chi connectivity index (χ1) is 9.91. The molecule has 0 aliphatic carbocycles.